The molecule has 2 aliphatic heterocycles. The molecule has 2 aliphatic rings. The molecule has 2 fully saturated rings. The van der Waals surface area contributed by atoms with E-state index >= 15 is 0 Å². The summed E-state index contributed by atoms with van der Waals surface area (Å²) in [5, 5.41) is 9.49. The van der Waals surface area contributed by atoms with Crippen LogP contribution in [0.25, 0.3) is 10.6 Å². The van der Waals surface area contributed by atoms with Crippen LogP contribution in [0, 0.1) is 24.0 Å². The second-order valence-corrected chi connectivity index (χ2v) is 18.4. The Morgan fingerprint density at radius 1 is 0.426 bits per heavy atom. The van der Waals surface area contributed by atoms with Gasteiger partial charge in [0.15, 0.2) is 0 Å². The molecule has 0 aliphatic carbocycles. The number of benzene rings is 1. The molecule has 0 atom stereocenters. The zero-order valence-electron chi connectivity index (χ0n) is 41.5. The zero-order chi connectivity index (χ0) is 40.2. The van der Waals surface area contributed by atoms with Crippen LogP contribution in [0.15, 0.2) is 24.3 Å². The van der Waals surface area contributed by atoms with Gasteiger partial charge in [0.25, 0.3) is 0 Å². The third-order valence-corrected chi connectivity index (χ3v) is 6.91. The van der Waals surface area contributed by atoms with E-state index in [9.17, 15) is 0 Å². The van der Waals surface area contributed by atoms with Crippen LogP contribution in [0.5, 0.6) is 0 Å². The van der Waals surface area contributed by atoms with Gasteiger partial charge in [0, 0.05) is 26.2 Å². The average molecular weight is 880 g/mol. The Morgan fingerprint density at radius 2 is 0.574 bits per heavy atom. The third-order valence-electron chi connectivity index (χ3n) is 6.91. The van der Waals surface area contributed by atoms with Gasteiger partial charge in [0.05, 0.1) is 0 Å². The van der Waals surface area contributed by atoms with Crippen molar-refractivity contribution in [3.63, 3.8) is 0 Å². The summed E-state index contributed by atoms with van der Waals surface area (Å²) in [6.45, 7) is 34.9. The second-order valence-electron chi connectivity index (χ2n) is 18.4. The van der Waals surface area contributed by atoms with Gasteiger partial charge in [0.2, 0.25) is 0 Å². The van der Waals surface area contributed by atoms with E-state index in [-0.39, 0.29) is 120 Å². The number of piperidine rings is 2. The van der Waals surface area contributed by atoms with Crippen LogP contribution >= 0.6 is 0 Å². The minimum Gasteiger partial charge on any atom is -0.652 e. The second kappa shape index (κ2) is 41.9. The molecule has 2 heterocycles. The molecule has 0 N–H and O–H groups in total. The summed E-state index contributed by atoms with van der Waals surface area (Å²) in [6.07, 6.45) is 7.72. The first-order valence-electron chi connectivity index (χ1n) is 19.0. The Bertz CT molecular complexity index is 721. The fourth-order valence-corrected chi connectivity index (χ4v) is 4.87. The van der Waals surface area contributed by atoms with Crippen molar-refractivity contribution in [2.45, 2.75) is 158 Å². The van der Waals surface area contributed by atoms with Crippen LogP contribution in [-0.2, 0) is 39.0 Å². The van der Waals surface area contributed by atoms with Gasteiger partial charge >= 0.3 is 98.1 Å². The predicted molar refractivity (Wildman–Crippen MR) is 230 cm³/mol. The van der Waals surface area contributed by atoms with Crippen molar-refractivity contribution in [1.82, 2.24) is 19.6 Å². The maximum atomic E-state index is 4.75. The normalized spacial score (nSPS) is 16.7. The maximum absolute atomic E-state index is 4.75. The molecular formula is C44H90N6Na2Zn2. The Morgan fingerprint density at radius 3 is 0.648 bits per heavy atom. The molecule has 0 unspecified atom stereocenters. The van der Waals surface area contributed by atoms with Crippen LogP contribution in [0.4, 0.5) is 0 Å². The van der Waals surface area contributed by atoms with E-state index in [1.54, 1.807) is 0 Å². The molecule has 54 heavy (non-hydrogen) atoms. The topological polar surface area (TPSA) is 41.2 Å². The number of rotatable bonds is 6. The molecule has 0 saturated carbocycles. The minimum atomic E-state index is 0. The first kappa shape index (κ1) is 73.7. The van der Waals surface area contributed by atoms with Crippen molar-refractivity contribution in [2.75, 3.05) is 82.6 Å². The van der Waals surface area contributed by atoms with Gasteiger partial charge in [-0.3, -0.25) is 24.3 Å². The molecule has 0 aromatic heterocycles. The summed E-state index contributed by atoms with van der Waals surface area (Å²) in [7, 11) is 16.7. The van der Waals surface area contributed by atoms with Crippen molar-refractivity contribution >= 4 is 0 Å². The zero-order valence-corrected chi connectivity index (χ0v) is 51.4. The fraction of sp³-hybridized carbons (Fsp3) is 0.818. The number of hydrogen-bond donors (Lipinski definition) is 0. The van der Waals surface area contributed by atoms with Gasteiger partial charge in [-0.1, -0.05) is 93.9 Å². The summed E-state index contributed by atoms with van der Waals surface area (Å²) in [5.41, 5.74) is 0.951. The standard InChI is InChI=1S/2C9H18N.2C6H16N2.C6H4.2C4H9.2Na.2Zn/c2*1-8(2)6-5-7-9(3,4)10-8;2*1-7(2)5-6-8(3)4;1-2-4-6-5-3-1;2*1-4(2)3;;;;/h2*5-7H2,1-4H3;2*5-6H2,1-4H3;1-2,5-6H;2*1-3H3;;;;/q2*-1;;;-2;2*-1;2*+1;2*+2. The first-order chi connectivity index (χ1) is 22.5. The Hall–Kier alpha value is 2.23. The SMILES string of the molecule is CC1(C)CCCC(C)(C)[N-]1.CC1(C)CCCC(C)(C)[N-]1.CN(C)CCN(C)C.CN(C)CCN(C)C.C[C-](C)C.C[C-](C)C.[Na+].[Na+].[Zn+2].[Zn+2].[c-]1cc[c-]cc1. The van der Waals surface area contributed by atoms with Crippen LogP contribution in [-0.4, -0.2) is 124 Å². The summed E-state index contributed by atoms with van der Waals surface area (Å²) >= 11 is 0. The van der Waals surface area contributed by atoms with Crippen molar-refractivity contribution in [2.24, 2.45) is 0 Å². The first-order valence-corrected chi connectivity index (χ1v) is 19.0. The molecule has 1 aromatic rings. The van der Waals surface area contributed by atoms with Crippen LogP contribution in [0.1, 0.15) is 135 Å². The number of likely N-dealkylation sites (N-methyl/N-ethyl adjacent to an activating group) is 4. The molecule has 2 saturated heterocycles. The molecule has 0 spiro atoms. The molecule has 302 valence electrons. The molecule has 6 nitrogen and oxygen atoms in total. The van der Waals surface area contributed by atoms with Gasteiger partial charge in [-0.25, -0.2) is 0 Å². The van der Waals surface area contributed by atoms with E-state index < -0.39 is 0 Å². The minimum absolute atomic E-state index is 0. The monoisotopic (exact) mass is 877 g/mol. The summed E-state index contributed by atoms with van der Waals surface area (Å²) in [4.78, 5) is 8.72. The molecular weight excluding hydrogens is 789 g/mol. The van der Waals surface area contributed by atoms with Gasteiger partial charge in [-0.15, -0.1) is 22.2 Å². The molecule has 0 radical (unpaired) electrons. The largest absolute Gasteiger partial charge is 2.00 e. The van der Waals surface area contributed by atoms with Crippen molar-refractivity contribution in [1.29, 1.82) is 0 Å². The third kappa shape index (κ3) is 71.9. The molecule has 0 amide bonds. The Labute approximate surface area is 412 Å². The smallest absolute Gasteiger partial charge is 0.652 e. The van der Waals surface area contributed by atoms with E-state index in [0.29, 0.717) is 0 Å². The van der Waals surface area contributed by atoms with E-state index in [1.807, 2.05) is 24.3 Å². The van der Waals surface area contributed by atoms with Crippen molar-refractivity contribution in [3.8, 4) is 0 Å². The molecule has 3 rings (SSSR count). The Balaban J connectivity index is -0.0000000770. The average Bonchev–Trinajstić information content (AvgIpc) is 2.90. The molecule has 1 aromatic carbocycles. The predicted octanol–water partition coefficient (Wildman–Crippen LogP) is 4.95. The molecule has 10 heteroatoms. The van der Waals surface area contributed by atoms with Crippen molar-refractivity contribution < 1.29 is 98.1 Å². The Kier molecular flexibility index (Phi) is 57.3. The van der Waals surface area contributed by atoms with E-state index in [4.69, 9.17) is 10.6 Å². The van der Waals surface area contributed by atoms with Crippen LogP contribution < -0.4 is 59.1 Å². The summed E-state index contributed by atoms with van der Waals surface area (Å²) in [6, 6.07) is 13.0. The fourth-order valence-electron chi connectivity index (χ4n) is 4.87. The van der Waals surface area contributed by atoms with E-state index in [0.717, 1.165) is 26.2 Å². The van der Waals surface area contributed by atoms with Gasteiger partial charge < -0.3 is 54.2 Å². The van der Waals surface area contributed by atoms with E-state index in [2.05, 4.69) is 185 Å². The number of nitrogens with zero attached hydrogens (tertiary/aromatic N) is 6. The number of hydrogen-bond acceptors (Lipinski definition) is 4. The molecule has 0 bridgehead atoms. The van der Waals surface area contributed by atoms with Gasteiger partial charge in [0.1, 0.15) is 0 Å². The quantitative estimate of drug-likeness (QED) is 0.300. The maximum Gasteiger partial charge on any atom is 2.00 e. The van der Waals surface area contributed by atoms with Gasteiger partial charge in [-0.05, 0) is 56.4 Å². The van der Waals surface area contributed by atoms with Crippen molar-refractivity contribution in [3.05, 3.63) is 58.9 Å². The van der Waals surface area contributed by atoms with Crippen LogP contribution in [0.2, 0.25) is 0 Å². The van der Waals surface area contributed by atoms with Gasteiger partial charge in [-0.2, -0.15) is 41.5 Å². The summed E-state index contributed by atoms with van der Waals surface area (Å²) < 4.78 is 0. The summed E-state index contributed by atoms with van der Waals surface area (Å²) in [5.74, 6) is 2.83. The van der Waals surface area contributed by atoms with Crippen LogP contribution in [0.3, 0.4) is 0 Å². The van der Waals surface area contributed by atoms with E-state index in [1.165, 1.54) is 50.4 Å².